The molecule has 15 heavy (non-hydrogen) atoms. The summed E-state index contributed by atoms with van der Waals surface area (Å²) in [4.78, 5) is 11.9. The molecule has 0 saturated heterocycles. The van der Waals surface area contributed by atoms with Gasteiger partial charge in [-0.25, -0.2) is 0 Å². The van der Waals surface area contributed by atoms with Gasteiger partial charge in [0.1, 0.15) is 5.78 Å². The van der Waals surface area contributed by atoms with Gasteiger partial charge in [0.05, 0.1) is 0 Å². The third kappa shape index (κ3) is 3.96. The van der Waals surface area contributed by atoms with Gasteiger partial charge in [0.15, 0.2) is 0 Å². The monoisotopic (exact) mass is 210 g/mol. The quantitative estimate of drug-likeness (QED) is 0.682. The summed E-state index contributed by atoms with van der Waals surface area (Å²) < 4.78 is 0. The molecule has 0 atom stereocenters. The second-order valence-corrected chi connectivity index (χ2v) is 6.17. The molecule has 0 heterocycles. The summed E-state index contributed by atoms with van der Waals surface area (Å²) in [5.74, 6) is 2.06. The smallest absolute Gasteiger partial charge is 0.138 e. The molecule has 0 N–H and O–H groups in total. The van der Waals surface area contributed by atoms with Gasteiger partial charge >= 0.3 is 0 Å². The van der Waals surface area contributed by atoms with Crippen LogP contribution in [0.5, 0.6) is 0 Å². The fourth-order valence-electron chi connectivity index (χ4n) is 2.41. The van der Waals surface area contributed by atoms with Crippen molar-refractivity contribution in [3.63, 3.8) is 0 Å². The van der Waals surface area contributed by atoms with E-state index in [4.69, 9.17) is 0 Å². The number of hydrogen-bond donors (Lipinski definition) is 0. The molecule has 0 aliphatic heterocycles. The van der Waals surface area contributed by atoms with Gasteiger partial charge in [0.2, 0.25) is 0 Å². The zero-order chi connectivity index (χ0) is 11.5. The molecule has 1 saturated carbocycles. The third-order valence-corrected chi connectivity index (χ3v) is 3.85. The molecule has 1 fully saturated rings. The van der Waals surface area contributed by atoms with Crippen LogP contribution in [0.25, 0.3) is 0 Å². The van der Waals surface area contributed by atoms with Crippen LogP contribution in [0.4, 0.5) is 0 Å². The minimum atomic E-state index is -0.137. The highest BCUT2D eigenvalue weighted by molar-refractivity contribution is 5.83. The third-order valence-electron chi connectivity index (χ3n) is 3.85. The molecule has 88 valence electrons. The zero-order valence-corrected chi connectivity index (χ0v) is 10.8. The Kier molecular flexibility index (Phi) is 4.36. The first-order valence-electron chi connectivity index (χ1n) is 6.46. The zero-order valence-electron chi connectivity index (χ0n) is 10.8. The van der Waals surface area contributed by atoms with Crippen molar-refractivity contribution in [2.75, 3.05) is 0 Å². The minimum Gasteiger partial charge on any atom is -0.299 e. The predicted molar refractivity (Wildman–Crippen MR) is 64.8 cm³/mol. The SMILES string of the molecule is CCC1CCC(CC(=O)C(C)(C)C)CC1. The van der Waals surface area contributed by atoms with E-state index < -0.39 is 0 Å². The number of Topliss-reactive ketones (excluding diaryl/α,β-unsaturated/α-hetero) is 1. The molecule has 0 aromatic rings. The standard InChI is InChI=1S/C14H26O/c1-5-11-6-8-12(9-7-11)10-13(15)14(2,3)4/h11-12H,5-10H2,1-4H3. The molecule has 1 aliphatic rings. The van der Waals surface area contributed by atoms with Crippen LogP contribution in [0.3, 0.4) is 0 Å². The van der Waals surface area contributed by atoms with Gasteiger partial charge in [-0.3, -0.25) is 4.79 Å². The lowest BCUT2D eigenvalue weighted by Gasteiger charge is -2.29. The van der Waals surface area contributed by atoms with Crippen molar-refractivity contribution in [2.24, 2.45) is 17.3 Å². The van der Waals surface area contributed by atoms with Gasteiger partial charge in [0, 0.05) is 11.8 Å². The molecule has 0 aromatic carbocycles. The Morgan fingerprint density at radius 1 is 1.07 bits per heavy atom. The highest BCUT2D eigenvalue weighted by Crippen LogP contribution is 2.34. The minimum absolute atomic E-state index is 0.137. The number of hydrogen-bond acceptors (Lipinski definition) is 1. The van der Waals surface area contributed by atoms with E-state index in [0.717, 1.165) is 12.3 Å². The molecular formula is C14H26O. The fourth-order valence-corrected chi connectivity index (χ4v) is 2.41. The molecular weight excluding hydrogens is 184 g/mol. The highest BCUT2D eigenvalue weighted by Gasteiger charge is 2.27. The Hall–Kier alpha value is -0.330. The second-order valence-electron chi connectivity index (χ2n) is 6.17. The molecule has 0 radical (unpaired) electrons. The first-order valence-corrected chi connectivity index (χ1v) is 6.46. The van der Waals surface area contributed by atoms with Crippen LogP contribution >= 0.6 is 0 Å². The lowest BCUT2D eigenvalue weighted by atomic mass is 9.76. The van der Waals surface area contributed by atoms with E-state index in [1.54, 1.807) is 0 Å². The van der Waals surface area contributed by atoms with Crippen LogP contribution in [0.1, 0.15) is 66.2 Å². The fraction of sp³-hybridized carbons (Fsp3) is 0.929. The van der Waals surface area contributed by atoms with E-state index in [0.29, 0.717) is 11.7 Å². The molecule has 0 aromatic heterocycles. The molecule has 0 bridgehead atoms. The number of ketones is 1. The Bertz CT molecular complexity index is 204. The van der Waals surface area contributed by atoms with Crippen LogP contribution in [-0.4, -0.2) is 5.78 Å². The van der Waals surface area contributed by atoms with Gasteiger partial charge in [-0.1, -0.05) is 47.0 Å². The molecule has 1 heteroatoms. The average Bonchev–Trinajstić information content (AvgIpc) is 2.17. The number of rotatable bonds is 3. The van der Waals surface area contributed by atoms with E-state index in [-0.39, 0.29) is 5.41 Å². The van der Waals surface area contributed by atoms with Gasteiger partial charge in [-0.2, -0.15) is 0 Å². The summed E-state index contributed by atoms with van der Waals surface area (Å²) in [6.45, 7) is 8.39. The Morgan fingerprint density at radius 3 is 1.93 bits per heavy atom. The van der Waals surface area contributed by atoms with E-state index in [2.05, 4.69) is 6.92 Å². The van der Waals surface area contributed by atoms with E-state index in [1.807, 2.05) is 20.8 Å². The van der Waals surface area contributed by atoms with Crippen LogP contribution < -0.4 is 0 Å². The van der Waals surface area contributed by atoms with Gasteiger partial charge in [0.25, 0.3) is 0 Å². The topological polar surface area (TPSA) is 17.1 Å². The lowest BCUT2D eigenvalue weighted by Crippen LogP contribution is -2.25. The van der Waals surface area contributed by atoms with Crippen molar-refractivity contribution >= 4 is 5.78 Å². The Labute approximate surface area is 94.6 Å². The lowest BCUT2D eigenvalue weighted by molar-refractivity contribution is -0.127. The summed E-state index contributed by atoms with van der Waals surface area (Å²) >= 11 is 0. The maximum absolute atomic E-state index is 11.9. The van der Waals surface area contributed by atoms with Crippen LogP contribution in [0.2, 0.25) is 0 Å². The van der Waals surface area contributed by atoms with Gasteiger partial charge in [-0.15, -0.1) is 0 Å². The Morgan fingerprint density at radius 2 is 1.53 bits per heavy atom. The van der Waals surface area contributed by atoms with Crippen molar-refractivity contribution in [3.05, 3.63) is 0 Å². The first-order chi connectivity index (χ1) is 6.93. The maximum atomic E-state index is 11.9. The first kappa shape index (κ1) is 12.7. The van der Waals surface area contributed by atoms with Crippen LogP contribution in [0.15, 0.2) is 0 Å². The largest absolute Gasteiger partial charge is 0.299 e. The van der Waals surface area contributed by atoms with E-state index in [1.165, 1.54) is 32.1 Å². The number of carbonyl (C=O) groups excluding carboxylic acids is 1. The van der Waals surface area contributed by atoms with Crippen LogP contribution in [0, 0.1) is 17.3 Å². The second kappa shape index (κ2) is 5.14. The van der Waals surface area contributed by atoms with Crippen molar-refractivity contribution in [1.29, 1.82) is 0 Å². The van der Waals surface area contributed by atoms with E-state index >= 15 is 0 Å². The van der Waals surface area contributed by atoms with Crippen molar-refractivity contribution in [3.8, 4) is 0 Å². The summed E-state index contributed by atoms with van der Waals surface area (Å²) in [6, 6.07) is 0. The summed E-state index contributed by atoms with van der Waals surface area (Å²) in [5.41, 5.74) is -0.137. The number of carbonyl (C=O) groups is 1. The highest BCUT2D eigenvalue weighted by atomic mass is 16.1. The molecule has 1 nitrogen and oxygen atoms in total. The predicted octanol–water partition coefficient (Wildman–Crippen LogP) is 4.21. The summed E-state index contributed by atoms with van der Waals surface area (Å²) in [6.07, 6.45) is 7.39. The van der Waals surface area contributed by atoms with Gasteiger partial charge < -0.3 is 0 Å². The van der Waals surface area contributed by atoms with Crippen LogP contribution in [-0.2, 0) is 4.79 Å². The van der Waals surface area contributed by atoms with Gasteiger partial charge in [-0.05, 0) is 24.7 Å². The summed E-state index contributed by atoms with van der Waals surface area (Å²) in [5, 5.41) is 0. The van der Waals surface area contributed by atoms with Crippen molar-refractivity contribution in [2.45, 2.75) is 66.2 Å². The normalized spacial score (nSPS) is 27.7. The average molecular weight is 210 g/mol. The molecule has 1 rings (SSSR count). The van der Waals surface area contributed by atoms with E-state index in [9.17, 15) is 4.79 Å². The maximum Gasteiger partial charge on any atom is 0.138 e. The molecule has 0 spiro atoms. The molecule has 0 amide bonds. The van der Waals surface area contributed by atoms with Crippen molar-refractivity contribution < 1.29 is 4.79 Å². The van der Waals surface area contributed by atoms with Crippen molar-refractivity contribution in [1.82, 2.24) is 0 Å². The Balaban J connectivity index is 2.33. The molecule has 1 aliphatic carbocycles. The summed E-state index contributed by atoms with van der Waals surface area (Å²) in [7, 11) is 0. The molecule has 0 unspecified atom stereocenters.